The molecule has 4 aliphatic rings. The van der Waals surface area contributed by atoms with Gasteiger partial charge in [0.25, 0.3) is 0 Å². The van der Waals surface area contributed by atoms with Gasteiger partial charge >= 0.3 is 23.9 Å². The summed E-state index contributed by atoms with van der Waals surface area (Å²) in [7, 11) is 0. The van der Waals surface area contributed by atoms with E-state index in [0.717, 1.165) is 81.7 Å². The number of halogens is 2. The largest absolute Gasteiger partial charge is 0.486 e. The molecule has 6 aromatic rings. The minimum atomic E-state index is -1.25. The number of hydrogen-bond acceptors (Lipinski definition) is 6. The maximum atomic E-state index is 13.2. The van der Waals surface area contributed by atoms with Gasteiger partial charge in [0.15, 0.2) is 11.5 Å². The van der Waals surface area contributed by atoms with Crippen LogP contribution in [0.2, 0.25) is 10.0 Å². The van der Waals surface area contributed by atoms with E-state index in [4.69, 9.17) is 32.7 Å². The van der Waals surface area contributed by atoms with Crippen molar-refractivity contribution < 1.29 is 49.1 Å². The third-order valence-corrected chi connectivity index (χ3v) is 21.2. The first kappa shape index (κ1) is 61.2. The van der Waals surface area contributed by atoms with Gasteiger partial charge in [-0.2, -0.15) is 0 Å². The highest BCUT2D eigenvalue weighted by Crippen LogP contribution is 2.69. The molecule has 85 heavy (non-hydrogen) atoms. The van der Waals surface area contributed by atoms with Crippen molar-refractivity contribution in [1.82, 2.24) is 0 Å². The fraction of sp³-hybridized carbons (Fsp3) is 0.425. The topological polar surface area (TPSA) is 168 Å². The molecule has 4 aliphatic carbocycles. The van der Waals surface area contributed by atoms with E-state index in [-0.39, 0.29) is 57.0 Å². The Hall–Kier alpha value is -6.88. The molecule has 446 valence electrons. The molecule has 12 heteroatoms. The lowest BCUT2D eigenvalue weighted by molar-refractivity contribution is -0.121. The van der Waals surface area contributed by atoms with E-state index < -0.39 is 23.9 Å². The summed E-state index contributed by atoms with van der Waals surface area (Å²) in [6.45, 7) is 12.6. The number of ether oxygens (including phenoxy) is 2. The molecule has 0 spiro atoms. The normalized spacial score (nSPS) is 23.7. The quantitative estimate of drug-likeness (QED) is 0.0514. The van der Waals surface area contributed by atoms with Crippen LogP contribution in [0.5, 0.6) is 11.5 Å². The average Bonchev–Trinajstić information content (AvgIpc) is 1.77. The fourth-order valence-electron chi connectivity index (χ4n) is 16.1. The lowest BCUT2D eigenvalue weighted by Crippen LogP contribution is -2.53. The van der Waals surface area contributed by atoms with Crippen LogP contribution >= 0.6 is 23.2 Å². The van der Waals surface area contributed by atoms with E-state index in [1.54, 1.807) is 60.7 Å². The summed E-state index contributed by atoms with van der Waals surface area (Å²) in [4.78, 5) is 49.2. The Morgan fingerprint density at radius 2 is 1.02 bits per heavy atom. The number of carboxylic acids is 4. The van der Waals surface area contributed by atoms with Crippen LogP contribution in [-0.2, 0) is 13.2 Å². The van der Waals surface area contributed by atoms with Gasteiger partial charge in [-0.1, -0.05) is 156 Å². The Morgan fingerprint density at radius 3 is 1.49 bits per heavy atom. The summed E-state index contributed by atoms with van der Waals surface area (Å²) < 4.78 is 12.4. The maximum absolute atomic E-state index is 13.2. The Labute approximate surface area is 510 Å². The SMILES string of the molecule is CC(C)CCC[C@@H](C)[C@H]1CC[C@H]2[C@@H]3CC[C@H]4C[C@@H](CCC=C(c5cc(Cl)c(OCc6ccc(-c7ccc(C(=O)O)cc7)cc6)c(C(=O)O)c5)c5cc(Cl)c(OCc6ccc(-c7ccc(C(=O)O)cc7)cc6)c(C(=O)O)c5)CC[C@]4(C)[C@H]3CC[C@]12C. The second-order valence-corrected chi connectivity index (χ2v) is 26.9. The number of carboxylic acid groups (broad SMARTS) is 4. The van der Waals surface area contributed by atoms with Gasteiger partial charge in [0.05, 0.1) is 21.2 Å². The van der Waals surface area contributed by atoms with E-state index in [1.165, 1.54) is 82.8 Å². The van der Waals surface area contributed by atoms with Crippen LogP contribution in [-0.4, -0.2) is 44.3 Å². The van der Waals surface area contributed by atoms with Crippen LogP contribution in [0.15, 0.2) is 127 Å². The summed E-state index contributed by atoms with van der Waals surface area (Å²) in [5, 5.41) is 40.3. The lowest BCUT2D eigenvalue weighted by atomic mass is 9.44. The van der Waals surface area contributed by atoms with Crippen molar-refractivity contribution >= 4 is 52.7 Å². The molecule has 4 N–H and O–H groups in total. The van der Waals surface area contributed by atoms with E-state index in [0.29, 0.717) is 45.8 Å². The van der Waals surface area contributed by atoms with Gasteiger partial charge in [-0.25, -0.2) is 19.2 Å². The van der Waals surface area contributed by atoms with Gasteiger partial charge in [-0.05, 0) is 227 Å². The zero-order valence-electron chi connectivity index (χ0n) is 49.6. The molecule has 0 unspecified atom stereocenters. The predicted octanol–water partition coefficient (Wildman–Crippen LogP) is 19.2. The van der Waals surface area contributed by atoms with Gasteiger partial charge < -0.3 is 29.9 Å². The maximum Gasteiger partial charge on any atom is 0.339 e. The van der Waals surface area contributed by atoms with Crippen LogP contribution in [0.3, 0.4) is 0 Å². The highest BCUT2D eigenvalue weighted by atomic mass is 35.5. The minimum Gasteiger partial charge on any atom is -0.486 e. The number of fused-ring (bicyclic) bond motifs is 5. The molecule has 0 amide bonds. The molecule has 9 atom stereocenters. The first-order chi connectivity index (χ1) is 40.7. The Kier molecular flexibility index (Phi) is 18.7. The van der Waals surface area contributed by atoms with Crippen molar-refractivity contribution in [2.45, 2.75) is 138 Å². The first-order valence-electron chi connectivity index (χ1n) is 30.7. The van der Waals surface area contributed by atoms with Crippen LogP contribution in [0, 0.1) is 58.2 Å². The van der Waals surface area contributed by atoms with E-state index in [9.17, 15) is 39.6 Å². The molecule has 0 aromatic heterocycles. The average molecular weight is 1190 g/mol. The first-order valence-corrected chi connectivity index (χ1v) is 31.4. The highest BCUT2D eigenvalue weighted by Gasteiger charge is 2.60. The number of hydrogen-bond donors (Lipinski definition) is 4. The fourth-order valence-corrected chi connectivity index (χ4v) is 16.7. The molecule has 10 rings (SSSR count). The van der Waals surface area contributed by atoms with Gasteiger partial charge in [-0.3, -0.25) is 0 Å². The summed E-state index contributed by atoms with van der Waals surface area (Å²) in [6, 6.07) is 34.5. The highest BCUT2D eigenvalue weighted by molar-refractivity contribution is 6.33. The smallest absolute Gasteiger partial charge is 0.339 e. The van der Waals surface area contributed by atoms with Crippen LogP contribution in [0.1, 0.15) is 188 Å². The zero-order valence-corrected chi connectivity index (χ0v) is 51.1. The van der Waals surface area contributed by atoms with Gasteiger partial charge in [-0.15, -0.1) is 0 Å². The Balaban J connectivity index is 0.885. The predicted molar refractivity (Wildman–Crippen MR) is 336 cm³/mol. The van der Waals surface area contributed by atoms with E-state index in [2.05, 4.69) is 40.7 Å². The summed E-state index contributed by atoms with van der Waals surface area (Å²) in [5.74, 6) is 1.49. The van der Waals surface area contributed by atoms with Crippen molar-refractivity contribution in [3.05, 3.63) is 182 Å². The third kappa shape index (κ3) is 13.3. The van der Waals surface area contributed by atoms with E-state index in [1.807, 2.05) is 48.5 Å². The number of carbonyl (C=O) groups is 4. The van der Waals surface area contributed by atoms with Crippen LogP contribution in [0.4, 0.5) is 0 Å². The van der Waals surface area contributed by atoms with Crippen molar-refractivity contribution in [1.29, 1.82) is 0 Å². The van der Waals surface area contributed by atoms with Gasteiger partial charge in [0, 0.05) is 0 Å². The van der Waals surface area contributed by atoms with Crippen LogP contribution in [0.25, 0.3) is 27.8 Å². The number of rotatable bonds is 22. The molecule has 4 saturated carbocycles. The second kappa shape index (κ2) is 26.0. The van der Waals surface area contributed by atoms with Crippen molar-refractivity contribution in [2.75, 3.05) is 0 Å². The lowest BCUT2D eigenvalue weighted by Gasteiger charge is -2.61. The zero-order chi connectivity index (χ0) is 60.3. The summed E-state index contributed by atoms with van der Waals surface area (Å²) >= 11 is 14.1. The summed E-state index contributed by atoms with van der Waals surface area (Å²) in [6.07, 6.45) is 19.4. The Bertz CT molecular complexity index is 3270. The number of allylic oxidation sites excluding steroid dienone is 1. The molecule has 0 saturated heterocycles. The molecule has 0 bridgehead atoms. The van der Waals surface area contributed by atoms with Crippen LogP contribution < -0.4 is 9.47 Å². The molecular weight excluding hydrogens is 1110 g/mol. The molecule has 6 aromatic carbocycles. The standard InChI is InChI=1S/C73H80Cl2O10/c1-43(2)8-6-9-44(3)61-30-31-62-58-29-28-56-36-45(32-34-72(56,4)63(58)33-35-73(61,62)5)10-7-11-57(54-37-59(70(80)81)66(64(74)39-54)84-41-46-12-16-48(17-13-46)50-20-24-52(25-21-50)68(76)77)55-38-60(71(82)83)67(65(75)40-55)85-42-47-14-18-49(19-15-47)51-22-26-53(27-23-51)69(78)79/h11-27,37-40,43-45,56,58,61-63H,6-10,28-36,41-42H2,1-5H3,(H,76,77)(H,78,79)(H,80,81)(H,82,83)/t44-,45+,56+,58+,61-,62+,63+,72+,73-/m1/s1. The number of aromatic carboxylic acids is 4. The van der Waals surface area contributed by atoms with Gasteiger partial charge in [0.1, 0.15) is 24.3 Å². The van der Waals surface area contributed by atoms with Gasteiger partial charge in [0.2, 0.25) is 0 Å². The summed E-state index contributed by atoms with van der Waals surface area (Å²) in [5.41, 5.74) is 7.28. The molecule has 0 aliphatic heterocycles. The second-order valence-electron chi connectivity index (χ2n) is 26.0. The number of benzene rings is 6. The molecular formula is C73H80Cl2O10. The third-order valence-electron chi connectivity index (χ3n) is 20.7. The monoisotopic (exact) mass is 1190 g/mol. The van der Waals surface area contributed by atoms with Crippen molar-refractivity contribution in [3.63, 3.8) is 0 Å². The van der Waals surface area contributed by atoms with E-state index >= 15 is 0 Å². The molecule has 0 heterocycles. The Morgan fingerprint density at radius 1 is 0.553 bits per heavy atom. The minimum absolute atomic E-state index is 0.00701. The molecule has 0 radical (unpaired) electrons. The van der Waals surface area contributed by atoms with Crippen molar-refractivity contribution in [2.24, 2.45) is 58.2 Å². The van der Waals surface area contributed by atoms with Crippen molar-refractivity contribution in [3.8, 4) is 33.8 Å². The molecule has 4 fully saturated rings. The molecule has 10 nitrogen and oxygen atoms in total.